The van der Waals surface area contributed by atoms with Gasteiger partial charge in [-0.2, -0.15) is 0 Å². The lowest BCUT2D eigenvalue weighted by Crippen LogP contribution is -2.39. The molecule has 1 aliphatic heterocycles. The van der Waals surface area contributed by atoms with E-state index in [0.717, 1.165) is 37.9 Å². The minimum absolute atomic E-state index is 0.147. The van der Waals surface area contributed by atoms with Gasteiger partial charge in [-0.25, -0.2) is 8.78 Å². The van der Waals surface area contributed by atoms with E-state index in [1.807, 2.05) is 4.90 Å². The van der Waals surface area contributed by atoms with Crippen LogP contribution in [0.15, 0.2) is 24.3 Å². The minimum atomic E-state index is -0.901. The SMILES string of the molecule is O=C1C(Cc2c(Cl)cc(-c3c(F)cc(O)cc3F)cc2Cl)CCN1C1CCCCC1. The normalized spacial score (nSPS) is 20.2. The average Bonchev–Trinajstić information content (AvgIpc) is 3.05. The smallest absolute Gasteiger partial charge is 0.226 e. The van der Waals surface area contributed by atoms with Crippen LogP contribution in [0.2, 0.25) is 10.0 Å². The van der Waals surface area contributed by atoms with Gasteiger partial charge in [-0.1, -0.05) is 42.5 Å². The van der Waals surface area contributed by atoms with E-state index < -0.39 is 17.4 Å². The van der Waals surface area contributed by atoms with Crippen LogP contribution in [0, 0.1) is 17.6 Å². The first kappa shape index (κ1) is 21.4. The number of carbonyl (C=O) groups excluding carboxylic acids is 1. The molecule has 2 aromatic carbocycles. The van der Waals surface area contributed by atoms with Gasteiger partial charge in [0.25, 0.3) is 0 Å². The zero-order valence-electron chi connectivity index (χ0n) is 16.4. The monoisotopic (exact) mass is 453 g/mol. The summed E-state index contributed by atoms with van der Waals surface area (Å²) < 4.78 is 28.4. The van der Waals surface area contributed by atoms with Crippen molar-refractivity contribution in [3.8, 4) is 16.9 Å². The highest BCUT2D eigenvalue weighted by Gasteiger charge is 2.36. The standard InChI is InChI=1S/C23H23Cl2F2NO2/c24-18-9-14(22-20(26)11-16(29)12-21(22)27)10-19(25)17(18)8-13-6-7-28(23(13)30)15-4-2-1-3-5-15/h9-13,15,29H,1-8H2. The molecule has 160 valence electrons. The molecule has 2 aromatic rings. The molecule has 1 atom stereocenters. The first-order valence-electron chi connectivity index (χ1n) is 10.3. The fourth-order valence-corrected chi connectivity index (χ4v) is 5.37. The molecule has 30 heavy (non-hydrogen) atoms. The van der Waals surface area contributed by atoms with Gasteiger partial charge in [0.05, 0.1) is 5.56 Å². The Kier molecular flexibility index (Phi) is 6.21. The van der Waals surface area contributed by atoms with Crippen LogP contribution >= 0.6 is 23.2 Å². The summed E-state index contributed by atoms with van der Waals surface area (Å²) >= 11 is 12.9. The summed E-state index contributed by atoms with van der Waals surface area (Å²) in [4.78, 5) is 15.0. The molecule has 0 radical (unpaired) electrons. The predicted molar refractivity (Wildman–Crippen MR) is 114 cm³/mol. The maximum atomic E-state index is 14.2. The first-order chi connectivity index (χ1) is 14.3. The zero-order valence-corrected chi connectivity index (χ0v) is 17.9. The number of nitrogens with zero attached hydrogens (tertiary/aromatic N) is 1. The molecule has 0 spiro atoms. The highest BCUT2D eigenvalue weighted by atomic mass is 35.5. The second-order valence-electron chi connectivity index (χ2n) is 8.22. The van der Waals surface area contributed by atoms with Crippen molar-refractivity contribution in [2.75, 3.05) is 6.54 Å². The Morgan fingerprint density at radius 2 is 1.57 bits per heavy atom. The van der Waals surface area contributed by atoms with Gasteiger partial charge < -0.3 is 10.0 Å². The summed E-state index contributed by atoms with van der Waals surface area (Å²) in [5.41, 5.74) is 0.499. The molecule has 2 fully saturated rings. The summed E-state index contributed by atoms with van der Waals surface area (Å²) in [6.07, 6.45) is 6.87. The summed E-state index contributed by atoms with van der Waals surface area (Å²) in [7, 11) is 0. The molecule has 0 bridgehead atoms. The van der Waals surface area contributed by atoms with Crippen molar-refractivity contribution in [3.63, 3.8) is 0 Å². The molecule has 1 amide bonds. The second-order valence-corrected chi connectivity index (χ2v) is 9.03. The van der Waals surface area contributed by atoms with Crippen molar-refractivity contribution >= 4 is 29.1 Å². The number of rotatable bonds is 4. The number of phenolic OH excluding ortho intramolecular Hbond substituents is 1. The first-order valence-corrected chi connectivity index (χ1v) is 11.1. The molecule has 1 aliphatic carbocycles. The molecule has 1 N–H and O–H groups in total. The van der Waals surface area contributed by atoms with E-state index in [2.05, 4.69) is 0 Å². The Bertz CT molecular complexity index is 930. The zero-order chi connectivity index (χ0) is 21.4. The molecule has 3 nitrogen and oxygen atoms in total. The van der Waals surface area contributed by atoms with Gasteiger partial charge in [-0.05, 0) is 48.9 Å². The Morgan fingerprint density at radius 3 is 2.17 bits per heavy atom. The third-order valence-electron chi connectivity index (χ3n) is 6.27. The summed E-state index contributed by atoms with van der Waals surface area (Å²) in [5.74, 6) is -2.34. The number of hydrogen-bond donors (Lipinski definition) is 1. The van der Waals surface area contributed by atoms with Gasteiger partial charge in [0.1, 0.15) is 17.4 Å². The maximum Gasteiger partial charge on any atom is 0.226 e. The Hall–Kier alpha value is -1.85. The lowest BCUT2D eigenvalue weighted by atomic mass is 9.93. The number of aromatic hydroxyl groups is 1. The van der Waals surface area contributed by atoms with Gasteiger partial charge >= 0.3 is 0 Å². The Balaban J connectivity index is 1.56. The van der Waals surface area contributed by atoms with E-state index in [4.69, 9.17) is 23.2 Å². The predicted octanol–water partition coefficient (Wildman–Crippen LogP) is 6.37. The van der Waals surface area contributed by atoms with Crippen LogP contribution in [0.3, 0.4) is 0 Å². The number of amides is 1. The summed E-state index contributed by atoms with van der Waals surface area (Å²) in [6.45, 7) is 0.755. The highest BCUT2D eigenvalue weighted by molar-refractivity contribution is 6.36. The Morgan fingerprint density at radius 1 is 0.967 bits per heavy atom. The van der Waals surface area contributed by atoms with E-state index >= 15 is 0 Å². The van der Waals surface area contributed by atoms with Gasteiger partial charge in [0, 0.05) is 40.7 Å². The number of hydrogen-bond acceptors (Lipinski definition) is 2. The molecule has 1 unspecified atom stereocenters. The molecule has 4 rings (SSSR count). The van der Waals surface area contributed by atoms with Crippen molar-refractivity contribution in [2.24, 2.45) is 5.92 Å². The average molecular weight is 454 g/mol. The Labute approximate surface area is 184 Å². The van der Waals surface area contributed by atoms with Crippen LogP contribution in [-0.2, 0) is 11.2 Å². The van der Waals surface area contributed by atoms with E-state index in [-0.39, 0.29) is 33.0 Å². The van der Waals surface area contributed by atoms with Gasteiger partial charge in [0.2, 0.25) is 5.91 Å². The molecule has 1 saturated carbocycles. The van der Waals surface area contributed by atoms with Crippen molar-refractivity contribution < 1.29 is 18.7 Å². The fourth-order valence-electron chi connectivity index (χ4n) is 4.73. The molecular weight excluding hydrogens is 431 g/mol. The molecule has 7 heteroatoms. The second kappa shape index (κ2) is 8.72. The van der Waals surface area contributed by atoms with Crippen LogP contribution in [0.5, 0.6) is 5.75 Å². The minimum Gasteiger partial charge on any atom is -0.508 e. The molecule has 1 heterocycles. The van der Waals surface area contributed by atoms with Crippen molar-refractivity contribution in [3.05, 3.63) is 51.5 Å². The quantitative estimate of drug-likeness (QED) is 0.584. The number of halogens is 4. The maximum absolute atomic E-state index is 14.2. The molecule has 0 aromatic heterocycles. The van der Waals surface area contributed by atoms with E-state index in [9.17, 15) is 18.7 Å². The van der Waals surface area contributed by atoms with Crippen LogP contribution < -0.4 is 0 Å². The third-order valence-corrected chi connectivity index (χ3v) is 6.95. The lowest BCUT2D eigenvalue weighted by molar-refractivity contribution is -0.133. The number of phenols is 1. The fraction of sp³-hybridized carbons (Fsp3) is 0.435. The lowest BCUT2D eigenvalue weighted by Gasteiger charge is -2.31. The number of likely N-dealkylation sites (tertiary alicyclic amines) is 1. The van der Waals surface area contributed by atoms with E-state index in [0.29, 0.717) is 18.0 Å². The number of benzene rings is 2. The van der Waals surface area contributed by atoms with Crippen LogP contribution in [0.25, 0.3) is 11.1 Å². The van der Waals surface area contributed by atoms with Gasteiger partial charge in [-0.3, -0.25) is 4.79 Å². The van der Waals surface area contributed by atoms with Crippen molar-refractivity contribution in [2.45, 2.75) is 51.0 Å². The number of carbonyl (C=O) groups is 1. The topological polar surface area (TPSA) is 40.5 Å². The summed E-state index contributed by atoms with van der Waals surface area (Å²) in [6, 6.07) is 4.93. The summed E-state index contributed by atoms with van der Waals surface area (Å²) in [5, 5.41) is 9.89. The van der Waals surface area contributed by atoms with E-state index in [1.54, 1.807) is 0 Å². The highest BCUT2D eigenvalue weighted by Crippen LogP contribution is 2.38. The van der Waals surface area contributed by atoms with Gasteiger partial charge in [-0.15, -0.1) is 0 Å². The van der Waals surface area contributed by atoms with Crippen LogP contribution in [-0.4, -0.2) is 28.5 Å². The molecule has 2 aliphatic rings. The van der Waals surface area contributed by atoms with Crippen molar-refractivity contribution in [1.29, 1.82) is 0 Å². The molecular formula is C23H23Cl2F2NO2. The van der Waals surface area contributed by atoms with Crippen molar-refractivity contribution in [1.82, 2.24) is 4.90 Å². The van der Waals surface area contributed by atoms with Crippen LogP contribution in [0.4, 0.5) is 8.78 Å². The largest absolute Gasteiger partial charge is 0.508 e. The van der Waals surface area contributed by atoms with E-state index in [1.165, 1.54) is 31.4 Å². The third kappa shape index (κ3) is 4.15. The van der Waals surface area contributed by atoms with Crippen LogP contribution in [0.1, 0.15) is 44.1 Å². The van der Waals surface area contributed by atoms with Gasteiger partial charge in [0.15, 0.2) is 0 Å². The molecule has 1 saturated heterocycles.